The molecule has 1 unspecified atom stereocenters. The maximum Gasteiger partial charge on any atom is 0.253 e. The van der Waals surface area contributed by atoms with Crippen LogP contribution in [0.5, 0.6) is 0 Å². The Morgan fingerprint density at radius 3 is 2.77 bits per heavy atom. The van der Waals surface area contributed by atoms with Crippen LogP contribution in [-0.2, 0) is 9.53 Å². The molecule has 2 amide bonds. The van der Waals surface area contributed by atoms with Crippen molar-refractivity contribution < 1.29 is 14.3 Å². The van der Waals surface area contributed by atoms with Crippen molar-refractivity contribution in [2.24, 2.45) is 5.92 Å². The number of aromatic amines is 1. The van der Waals surface area contributed by atoms with E-state index in [-0.39, 0.29) is 30.4 Å². The lowest BCUT2D eigenvalue weighted by Crippen LogP contribution is -2.61. The Bertz CT molecular complexity index is 1570. The lowest BCUT2D eigenvalue weighted by molar-refractivity contribution is -0.144. The van der Waals surface area contributed by atoms with Crippen LogP contribution in [0, 0.1) is 12.8 Å². The monoisotopic (exact) mass is 562 g/mol. The number of ether oxygens (including phenoxy) is 1. The van der Waals surface area contributed by atoms with E-state index in [4.69, 9.17) is 16.3 Å². The van der Waals surface area contributed by atoms with Gasteiger partial charge in [-0.3, -0.25) is 24.5 Å². The third kappa shape index (κ3) is 5.82. The van der Waals surface area contributed by atoms with Gasteiger partial charge in [0.15, 0.2) is 0 Å². The quantitative estimate of drug-likeness (QED) is 0.294. The van der Waals surface area contributed by atoms with E-state index in [9.17, 15) is 9.59 Å². The SMILES string of the molecule is Cc1ncccc1C(=O)N[C@H](CN1CC(C)(C)OCC1C(=O)Nc1cc(Cl)cc2c1[nH]c1cnccc12)C(C)C. The summed E-state index contributed by atoms with van der Waals surface area (Å²) >= 11 is 6.47. The molecule has 0 aliphatic carbocycles. The highest BCUT2D eigenvalue weighted by atomic mass is 35.5. The first-order chi connectivity index (χ1) is 19.0. The first kappa shape index (κ1) is 28.0. The third-order valence-corrected chi connectivity index (χ3v) is 7.71. The van der Waals surface area contributed by atoms with Gasteiger partial charge in [0, 0.05) is 53.0 Å². The van der Waals surface area contributed by atoms with Crippen LogP contribution >= 0.6 is 11.6 Å². The van der Waals surface area contributed by atoms with Gasteiger partial charge in [-0.05, 0) is 57.0 Å². The number of benzene rings is 1. The number of aryl methyl sites for hydroxylation is 1. The number of halogens is 1. The number of pyridine rings is 2. The molecule has 1 aliphatic heterocycles. The highest BCUT2D eigenvalue weighted by Gasteiger charge is 2.39. The van der Waals surface area contributed by atoms with Gasteiger partial charge in [-0.2, -0.15) is 0 Å². The molecule has 5 rings (SSSR count). The zero-order chi connectivity index (χ0) is 28.6. The topological polar surface area (TPSA) is 112 Å². The average molecular weight is 563 g/mol. The number of H-pyrrole nitrogens is 1. The highest BCUT2D eigenvalue weighted by Crippen LogP contribution is 2.33. The molecule has 3 N–H and O–H groups in total. The summed E-state index contributed by atoms with van der Waals surface area (Å²) in [5, 5.41) is 8.69. The van der Waals surface area contributed by atoms with Crippen LogP contribution in [0.3, 0.4) is 0 Å². The van der Waals surface area contributed by atoms with E-state index in [1.807, 2.05) is 32.9 Å². The number of carbonyl (C=O) groups excluding carboxylic acids is 2. The van der Waals surface area contributed by atoms with Gasteiger partial charge in [0.05, 0.1) is 40.7 Å². The van der Waals surface area contributed by atoms with E-state index in [1.165, 1.54) is 0 Å². The number of fused-ring (bicyclic) bond motifs is 3. The van der Waals surface area contributed by atoms with Crippen LogP contribution in [0.15, 0.2) is 48.9 Å². The maximum absolute atomic E-state index is 13.8. The van der Waals surface area contributed by atoms with Crippen LogP contribution in [0.4, 0.5) is 5.69 Å². The van der Waals surface area contributed by atoms with Crippen molar-refractivity contribution in [2.45, 2.75) is 52.3 Å². The Labute approximate surface area is 238 Å². The summed E-state index contributed by atoms with van der Waals surface area (Å²) in [7, 11) is 0. The van der Waals surface area contributed by atoms with Crippen LogP contribution in [0.2, 0.25) is 5.02 Å². The predicted octanol–water partition coefficient (Wildman–Crippen LogP) is 4.95. The Morgan fingerprint density at radius 2 is 2.02 bits per heavy atom. The van der Waals surface area contributed by atoms with Gasteiger partial charge in [0.2, 0.25) is 5.91 Å². The minimum absolute atomic E-state index is 0.128. The normalized spacial score (nSPS) is 18.2. The van der Waals surface area contributed by atoms with Crippen molar-refractivity contribution in [2.75, 3.05) is 25.0 Å². The first-order valence-corrected chi connectivity index (χ1v) is 13.9. The molecular formula is C30H35ClN6O3. The van der Waals surface area contributed by atoms with Crippen molar-refractivity contribution in [3.8, 4) is 0 Å². The zero-order valence-corrected chi connectivity index (χ0v) is 24.2. The average Bonchev–Trinajstić information content (AvgIpc) is 3.26. The summed E-state index contributed by atoms with van der Waals surface area (Å²) in [5.41, 5.74) is 3.00. The van der Waals surface area contributed by atoms with E-state index in [0.29, 0.717) is 35.1 Å². The van der Waals surface area contributed by atoms with Crippen molar-refractivity contribution >= 4 is 50.9 Å². The number of hydrogen-bond donors (Lipinski definition) is 3. The summed E-state index contributed by atoms with van der Waals surface area (Å²) in [5.74, 6) is -0.247. The van der Waals surface area contributed by atoms with Gasteiger partial charge in [0.25, 0.3) is 5.91 Å². The number of morpholine rings is 1. The molecule has 4 heterocycles. The van der Waals surface area contributed by atoms with Crippen molar-refractivity contribution in [3.63, 3.8) is 0 Å². The second kappa shape index (κ2) is 11.2. The molecule has 1 fully saturated rings. The summed E-state index contributed by atoms with van der Waals surface area (Å²) < 4.78 is 6.09. The molecule has 0 spiro atoms. The van der Waals surface area contributed by atoms with Gasteiger partial charge in [-0.25, -0.2) is 0 Å². The van der Waals surface area contributed by atoms with Gasteiger partial charge in [0.1, 0.15) is 6.04 Å². The highest BCUT2D eigenvalue weighted by molar-refractivity contribution is 6.33. The van der Waals surface area contributed by atoms with Crippen LogP contribution in [0.25, 0.3) is 21.8 Å². The van der Waals surface area contributed by atoms with Gasteiger partial charge >= 0.3 is 0 Å². The number of anilines is 1. The predicted molar refractivity (Wildman–Crippen MR) is 158 cm³/mol. The number of rotatable bonds is 7. The molecule has 210 valence electrons. The fourth-order valence-electron chi connectivity index (χ4n) is 5.27. The standard InChI is InChI=1S/C30H35ClN6O3/c1-17(2)25(36-28(38)20-7-6-9-33-18(20)3)14-37-16-30(4,5)40-15-26(37)29(39)35-23-12-19(31)11-22-21-8-10-32-13-24(21)34-27(22)23/h6-13,17,25-26,34H,14-16H2,1-5H3,(H,35,39)(H,36,38)/t25-,26?/m1/s1. The number of aromatic nitrogens is 3. The maximum atomic E-state index is 13.8. The summed E-state index contributed by atoms with van der Waals surface area (Å²) in [6.07, 6.45) is 5.15. The second-order valence-electron chi connectivity index (χ2n) is 11.4. The van der Waals surface area contributed by atoms with Crippen LogP contribution in [-0.4, -0.2) is 69.0 Å². The van der Waals surface area contributed by atoms with Gasteiger partial charge in [-0.1, -0.05) is 25.4 Å². The third-order valence-electron chi connectivity index (χ3n) is 7.50. The molecule has 4 aromatic rings. The molecule has 0 saturated carbocycles. The molecule has 0 radical (unpaired) electrons. The van der Waals surface area contributed by atoms with E-state index >= 15 is 0 Å². The number of hydrogen-bond acceptors (Lipinski definition) is 6. The lowest BCUT2D eigenvalue weighted by Gasteiger charge is -2.44. The van der Waals surface area contributed by atoms with Crippen molar-refractivity contribution in [1.82, 2.24) is 25.2 Å². The number of carbonyl (C=O) groups is 2. The molecule has 40 heavy (non-hydrogen) atoms. The van der Waals surface area contributed by atoms with E-state index < -0.39 is 11.6 Å². The van der Waals surface area contributed by atoms with E-state index in [0.717, 1.165) is 21.8 Å². The molecule has 10 heteroatoms. The van der Waals surface area contributed by atoms with Crippen LogP contribution in [0.1, 0.15) is 43.7 Å². The Kier molecular flexibility index (Phi) is 7.81. The van der Waals surface area contributed by atoms with Gasteiger partial charge in [-0.15, -0.1) is 0 Å². The molecule has 1 aliphatic rings. The van der Waals surface area contributed by atoms with E-state index in [1.54, 1.807) is 36.8 Å². The fourth-order valence-corrected chi connectivity index (χ4v) is 5.48. The first-order valence-electron chi connectivity index (χ1n) is 13.5. The zero-order valence-electron chi connectivity index (χ0n) is 23.4. The number of nitrogens with zero attached hydrogens (tertiary/aromatic N) is 3. The minimum atomic E-state index is -0.564. The second-order valence-corrected chi connectivity index (χ2v) is 11.8. The summed E-state index contributed by atoms with van der Waals surface area (Å²) in [4.78, 5) is 40.9. The lowest BCUT2D eigenvalue weighted by atomic mass is 9.98. The summed E-state index contributed by atoms with van der Waals surface area (Å²) in [6, 6.07) is 8.31. The fraction of sp³-hybridized carbons (Fsp3) is 0.400. The number of amides is 2. The molecule has 1 saturated heterocycles. The molecule has 1 aromatic carbocycles. The molecule has 2 atom stereocenters. The largest absolute Gasteiger partial charge is 0.372 e. The minimum Gasteiger partial charge on any atom is -0.372 e. The van der Waals surface area contributed by atoms with E-state index in [2.05, 4.69) is 44.3 Å². The number of nitrogens with one attached hydrogen (secondary N) is 3. The van der Waals surface area contributed by atoms with Crippen LogP contribution < -0.4 is 10.6 Å². The molecule has 9 nitrogen and oxygen atoms in total. The van der Waals surface area contributed by atoms with Crippen molar-refractivity contribution in [1.29, 1.82) is 0 Å². The Hall–Kier alpha value is -3.53. The smallest absolute Gasteiger partial charge is 0.253 e. The molecule has 0 bridgehead atoms. The van der Waals surface area contributed by atoms with Gasteiger partial charge < -0.3 is 20.4 Å². The summed E-state index contributed by atoms with van der Waals surface area (Å²) in [6.45, 7) is 11.2. The Balaban J connectivity index is 1.40. The Morgan fingerprint density at radius 1 is 1.23 bits per heavy atom. The van der Waals surface area contributed by atoms with Crippen molar-refractivity contribution in [3.05, 3.63) is 65.2 Å². The molecule has 3 aromatic heterocycles. The molecular weight excluding hydrogens is 528 g/mol.